The van der Waals surface area contributed by atoms with Crippen molar-refractivity contribution in [2.24, 2.45) is 0 Å². The second-order valence-electron chi connectivity index (χ2n) is 2.96. The molecule has 0 aromatic heterocycles. The van der Waals surface area contributed by atoms with E-state index < -0.39 is 0 Å². The van der Waals surface area contributed by atoms with Crippen molar-refractivity contribution in [2.75, 3.05) is 28.2 Å². The summed E-state index contributed by atoms with van der Waals surface area (Å²) in [5.41, 5.74) is 2.62. The highest BCUT2D eigenvalue weighted by atomic mass is 15.1. The molecule has 0 saturated heterocycles. The van der Waals surface area contributed by atoms with Gasteiger partial charge in [-0.25, -0.2) is 0 Å². The Balaban J connectivity index is 4.34. The first-order valence-electron chi connectivity index (χ1n) is 3.49. The highest BCUT2D eigenvalue weighted by Gasteiger charge is 1.98. The van der Waals surface area contributed by atoms with Gasteiger partial charge in [0, 0.05) is 39.6 Å². The van der Waals surface area contributed by atoms with Gasteiger partial charge in [-0.15, -0.1) is 0 Å². The Kier molecular flexibility index (Phi) is 3.26. The van der Waals surface area contributed by atoms with Crippen LogP contribution in [0.3, 0.4) is 0 Å². The Morgan fingerprint density at radius 1 is 0.700 bits per heavy atom. The van der Waals surface area contributed by atoms with Gasteiger partial charge in [0.25, 0.3) is 0 Å². The maximum atomic E-state index is 2.12. The van der Waals surface area contributed by atoms with Crippen LogP contribution in [0.4, 0.5) is 0 Å². The maximum Gasteiger partial charge on any atom is 0.0287 e. The van der Waals surface area contributed by atoms with Crippen LogP contribution in [-0.2, 0) is 0 Å². The summed E-state index contributed by atoms with van der Waals surface area (Å²) in [7, 11) is 8.23. The fraction of sp³-hybridized carbons (Fsp3) is 0.750. The summed E-state index contributed by atoms with van der Waals surface area (Å²) >= 11 is 0. The van der Waals surface area contributed by atoms with E-state index in [0.717, 1.165) is 0 Å². The molecular formula is C8H18N2. The van der Waals surface area contributed by atoms with Gasteiger partial charge in [0.05, 0.1) is 0 Å². The largest absolute Gasteiger partial charge is 0.380 e. The molecule has 0 aliphatic rings. The van der Waals surface area contributed by atoms with Crippen LogP contribution in [0.2, 0.25) is 0 Å². The molecule has 0 spiro atoms. The molecule has 0 aliphatic heterocycles. The van der Waals surface area contributed by atoms with Crippen LogP contribution in [0.1, 0.15) is 13.8 Å². The Labute approximate surface area is 64.1 Å². The predicted molar refractivity (Wildman–Crippen MR) is 45.7 cm³/mol. The van der Waals surface area contributed by atoms with Gasteiger partial charge in [0.2, 0.25) is 0 Å². The van der Waals surface area contributed by atoms with E-state index in [1.54, 1.807) is 0 Å². The van der Waals surface area contributed by atoms with Crippen molar-refractivity contribution < 1.29 is 0 Å². The van der Waals surface area contributed by atoms with Crippen LogP contribution in [0, 0.1) is 0 Å². The molecule has 0 unspecified atom stereocenters. The summed E-state index contributed by atoms with van der Waals surface area (Å²) in [4.78, 5) is 4.24. The normalized spacial score (nSPS) is 12.6. The Morgan fingerprint density at radius 2 is 0.900 bits per heavy atom. The topological polar surface area (TPSA) is 6.48 Å². The first-order valence-corrected chi connectivity index (χ1v) is 3.49. The average Bonchev–Trinajstić information content (AvgIpc) is 1.84. The summed E-state index contributed by atoms with van der Waals surface area (Å²) < 4.78 is 0. The molecule has 10 heavy (non-hydrogen) atoms. The van der Waals surface area contributed by atoms with Crippen molar-refractivity contribution >= 4 is 0 Å². The fourth-order valence-electron chi connectivity index (χ4n) is 0.647. The molecule has 0 aliphatic carbocycles. The number of hydrogen-bond acceptors (Lipinski definition) is 2. The van der Waals surface area contributed by atoms with Crippen molar-refractivity contribution in [1.29, 1.82) is 0 Å². The van der Waals surface area contributed by atoms with Crippen LogP contribution in [0.25, 0.3) is 0 Å². The molecule has 0 atom stereocenters. The third kappa shape index (κ3) is 2.29. The predicted octanol–water partition coefficient (Wildman–Crippen LogP) is 1.36. The van der Waals surface area contributed by atoms with Crippen molar-refractivity contribution in [1.82, 2.24) is 9.80 Å². The van der Waals surface area contributed by atoms with Gasteiger partial charge in [0.15, 0.2) is 0 Å². The molecule has 0 amide bonds. The summed E-state index contributed by atoms with van der Waals surface area (Å²) in [5, 5.41) is 0. The first-order chi connectivity index (χ1) is 4.46. The molecule has 2 nitrogen and oxygen atoms in total. The lowest BCUT2D eigenvalue weighted by Crippen LogP contribution is -2.17. The Morgan fingerprint density at radius 3 is 1.00 bits per heavy atom. The minimum absolute atomic E-state index is 1.31. The zero-order valence-corrected chi connectivity index (χ0v) is 7.89. The standard InChI is InChI=1S/C8H18N2/c1-7(9(3)4)8(2)10(5)6/h1-6H3/b8-7-. The van der Waals surface area contributed by atoms with Crippen LogP contribution in [0.5, 0.6) is 0 Å². The van der Waals surface area contributed by atoms with E-state index in [4.69, 9.17) is 0 Å². The Hall–Kier alpha value is -0.660. The SMILES string of the molecule is C/C(=C(\C)N(C)C)N(C)C. The van der Waals surface area contributed by atoms with Crippen molar-refractivity contribution in [2.45, 2.75) is 13.8 Å². The van der Waals surface area contributed by atoms with E-state index in [1.807, 2.05) is 0 Å². The summed E-state index contributed by atoms with van der Waals surface area (Å²) in [6.07, 6.45) is 0. The summed E-state index contributed by atoms with van der Waals surface area (Å²) in [6.45, 7) is 4.24. The highest BCUT2D eigenvalue weighted by molar-refractivity contribution is 5.05. The monoisotopic (exact) mass is 142 g/mol. The smallest absolute Gasteiger partial charge is 0.0287 e. The van der Waals surface area contributed by atoms with Crippen LogP contribution < -0.4 is 0 Å². The molecule has 0 saturated carbocycles. The molecule has 0 fully saturated rings. The van der Waals surface area contributed by atoms with Crippen LogP contribution >= 0.6 is 0 Å². The lowest BCUT2D eigenvalue weighted by molar-refractivity contribution is 0.443. The van der Waals surface area contributed by atoms with Gasteiger partial charge in [-0.3, -0.25) is 0 Å². The number of hydrogen-bond donors (Lipinski definition) is 0. The molecular weight excluding hydrogens is 124 g/mol. The molecule has 0 bridgehead atoms. The summed E-state index contributed by atoms with van der Waals surface area (Å²) in [6, 6.07) is 0. The molecule has 0 heterocycles. The fourth-order valence-corrected chi connectivity index (χ4v) is 0.647. The molecule has 0 radical (unpaired) electrons. The van der Waals surface area contributed by atoms with Crippen molar-refractivity contribution in [3.8, 4) is 0 Å². The van der Waals surface area contributed by atoms with Crippen LogP contribution in [0.15, 0.2) is 11.4 Å². The second kappa shape index (κ2) is 3.49. The third-order valence-corrected chi connectivity index (χ3v) is 1.87. The first kappa shape index (κ1) is 9.34. The van der Waals surface area contributed by atoms with Crippen molar-refractivity contribution in [3.05, 3.63) is 11.4 Å². The van der Waals surface area contributed by atoms with E-state index in [1.165, 1.54) is 11.4 Å². The maximum absolute atomic E-state index is 2.12. The molecule has 2 heteroatoms. The van der Waals surface area contributed by atoms with E-state index in [2.05, 4.69) is 51.8 Å². The van der Waals surface area contributed by atoms with Gasteiger partial charge in [-0.1, -0.05) is 0 Å². The molecule has 0 aromatic rings. The second-order valence-corrected chi connectivity index (χ2v) is 2.96. The number of allylic oxidation sites excluding steroid dienone is 2. The number of nitrogens with zero attached hydrogens (tertiary/aromatic N) is 2. The van der Waals surface area contributed by atoms with E-state index >= 15 is 0 Å². The molecule has 0 rings (SSSR count). The molecule has 60 valence electrons. The third-order valence-electron chi connectivity index (χ3n) is 1.87. The molecule has 0 N–H and O–H groups in total. The minimum atomic E-state index is 1.31. The van der Waals surface area contributed by atoms with Gasteiger partial charge in [0.1, 0.15) is 0 Å². The van der Waals surface area contributed by atoms with Gasteiger partial charge >= 0.3 is 0 Å². The summed E-state index contributed by atoms with van der Waals surface area (Å²) in [5.74, 6) is 0. The average molecular weight is 142 g/mol. The lowest BCUT2D eigenvalue weighted by Gasteiger charge is -2.21. The lowest BCUT2D eigenvalue weighted by atomic mass is 10.3. The van der Waals surface area contributed by atoms with Crippen molar-refractivity contribution in [3.63, 3.8) is 0 Å². The van der Waals surface area contributed by atoms with Crippen LogP contribution in [-0.4, -0.2) is 38.0 Å². The quantitative estimate of drug-likeness (QED) is 0.574. The highest BCUT2D eigenvalue weighted by Crippen LogP contribution is 2.06. The Bertz CT molecular complexity index is 118. The minimum Gasteiger partial charge on any atom is -0.380 e. The molecule has 0 aromatic carbocycles. The number of rotatable bonds is 2. The van der Waals surface area contributed by atoms with Gasteiger partial charge in [-0.2, -0.15) is 0 Å². The zero-order valence-electron chi connectivity index (χ0n) is 7.89. The van der Waals surface area contributed by atoms with E-state index in [-0.39, 0.29) is 0 Å². The van der Waals surface area contributed by atoms with Gasteiger partial charge < -0.3 is 9.80 Å². The van der Waals surface area contributed by atoms with Gasteiger partial charge in [-0.05, 0) is 13.8 Å². The van der Waals surface area contributed by atoms with E-state index in [9.17, 15) is 0 Å². The van der Waals surface area contributed by atoms with E-state index in [0.29, 0.717) is 0 Å². The zero-order chi connectivity index (χ0) is 8.31.